The lowest BCUT2D eigenvalue weighted by atomic mass is 10.0. The molecule has 0 spiro atoms. The van der Waals surface area contributed by atoms with Gasteiger partial charge >= 0.3 is 0 Å². The number of aromatic nitrogens is 1. The summed E-state index contributed by atoms with van der Waals surface area (Å²) in [5.41, 5.74) is 5.45. The highest BCUT2D eigenvalue weighted by atomic mass is 32.2. The Morgan fingerprint density at radius 3 is 2.45 bits per heavy atom. The maximum absolute atomic E-state index is 13.6. The lowest BCUT2D eigenvalue weighted by molar-refractivity contribution is 0.527. The van der Waals surface area contributed by atoms with Crippen molar-refractivity contribution in [3.63, 3.8) is 0 Å². The molecule has 0 amide bonds. The first-order chi connectivity index (χ1) is 14.7. The summed E-state index contributed by atoms with van der Waals surface area (Å²) >= 11 is 1.61. The van der Waals surface area contributed by atoms with E-state index in [1.54, 1.807) is 18.3 Å². The van der Waals surface area contributed by atoms with E-state index in [4.69, 9.17) is 4.98 Å². The summed E-state index contributed by atoms with van der Waals surface area (Å²) < 4.78 is 39.8. The van der Waals surface area contributed by atoms with Crippen molar-refractivity contribution in [1.82, 2.24) is 4.98 Å². The normalized spacial score (nSPS) is 15.4. The van der Waals surface area contributed by atoms with Gasteiger partial charge in [-0.3, -0.25) is 0 Å². The topological polar surface area (TPSA) is 50.3 Å². The van der Waals surface area contributed by atoms with Gasteiger partial charge in [-0.05, 0) is 68.0 Å². The molecular formula is C24H27FN2O2S2. The molecular weight excluding hydrogens is 431 g/mol. The summed E-state index contributed by atoms with van der Waals surface area (Å²) in [6.45, 7) is 7.21. The number of piperidine rings is 1. The number of anilines is 1. The van der Waals surface area contributed by atoms with Crippen LogP contribution in [0.15, 0.2) is 46.7 Å². The Balaban J connectivity index is 1.42. The van der Waals surface area contributed by atoms with E-state index >= 15 is 0 Å². The molecule has 0 radical (unpaired) electrons. The van der Waals surface area contributed by atoms with E-state index in [0.717, 1.165) is 23.3 Å². The molecule has 4 nitrogen and oxygen atoms in total. The van der Waals surface area contributed by atoms with Gasteiger partial charge in [-0.15, -0.1) is 11.3 Å². The second kappa shape index (κ2) is 8.71. The van der Waals surface area contributed by atoms with Gasteiger partial charge < -0.3 is 4.90 Å². The summed E-state index contributed by atoms with van der Waals surface area (Å²) in [5, 5.41) is 2.54. The zero-order valence-corrected chi connectivity index (χ0v) is 19.7. The monoisotopic (exact) mass is 458 g/mol. The summed E-state index contributed by atoms with van der Waals surface area (Å²) in [5.74, 6) is -0.513. The molecule has 0 N–H and O–H groups in total. The number of hydrogen-bond acceptors (Lipinski definition) is 5. The van der Waals surface area contributed by atoms with E-state index in [2.05, 4.69) is 42.3 Å². The standard InChI is InChI=1S/C24H27FN2O2S2/c1-16-4-6-19(12-18(16)3)13-21-15-30-24(26-21)27-10-8-22(9-11-27)31(28,29)23-14-20(25)7-5-17(23)2/h4-7,12,14-15,22H,8-11,13H2,1-3H3. The first-order valence-corrected chi connectivity index (χ1v) is 12.9. The van der Waals surface area contributed by atoms with E-state index in [-0.39, 0.29) is 4.90 Å². The Kier molecular flexibility index (Phi) is 6.17. The highest BCUT2D eigenvalue weighted by molar-refractivity contribution is 7.92. The molecule has 1 aliphatic heterocycles. The number of halogens is 1. The van der Waals surface area contributed by atoms with Crippen molar-refractivity contribution >= 4 is 26.3 Å². The second-order valence-corrected chi connectivity index (χ2v) is 11.4. The third-order valence-electron chi connectivity index (χ3n) is 6.10. The third-order valence-corrected chi connectivity index (χ3v) is 9.46. The van der Waals surface area contributed by atoms with Crippen LogP contribution in [0.2, 0.25) is 0 Å². The molecule has 1 saturated heterocycles. The molecule has 1 aliphatic rings. The number of sulfone groups is 1. The largest absolute Gasteiger partial charge is 0.348 e. The van der Waals surface area contributed by atoms with Crippen LogP contribution in [0.5, 0.6) is 0 Å². The van der Waals surface area contributed by atoms with E-state index in [9.17, 15) is 12.8 Å². The maximum Gasteiger partial charge on any atom is 0.185 e. The Labute approximate surface area is 187 Å². The van der Waals surface area contributed by atoms with Crippen LogP contribution in [0.25, 0.3) is 0 Å². The van der Waals surface area contributed by atoms with Crippen LogP contribution in [0.3, 0.4) is 0 Å². The number of hydrogen-bond donors (Lipinski definition) is 0. The minimum Gasteiger partial charge on any atom is -0.348 e. The number of aryl methyl sites for hydroxylation is 3. The molecule has 31 heavy (non-hydrogen) atoms. The average Bonchev–Trinajstić information content (AvgIpc) is 3.21. The van der Waals surface area contributed by atoms with Crippen molar-refractivity contribution in [2.75, 3.05) is 18.0 Å². The zero-order valence-electron chi connectivity index (χ0n) is 18.1. The lowest BCUT2D eigenvalue weighted by Crippen LogP contribution is -2.39. The number of thiazole rings is 1. The molecule has 4 rings (SSSR count). The second-order valence-electron chi connectivity index (χ2n) is 8.36. The zero-order chi connectivity index (χ0) is 22.2. The highest BCUT2D eigenvalue weighted by Gasteiger charge is 2.33. The van der Waals surface area contributed by atoms with Gasteiger partial charge in [-0.25, -0.2) is 17.8 Å². The van der Waals surface area contributed by atoms with Crippen molar-refractivity contribution < 1.29 is 12.8 Å². The molecule has 0 atom stereocenters. The van der Waals surface area contributed by atoms with Gasteiger partial charge in [0.2, 0.25) is 0 Å². The van der Waals surface area contributed by atoms with Gasteiger partial charge in [0.05, 0.1) is 15.8 Å². The SMILES string of the molecule is Cc1ccc(Cc2csc(N3CCC(S(=O)(=O)c4cc(F)ccc4C)CC3)n2)cc1C. The molecule has 2 aromatic carbocycles. The minimum atomic E-state index is -3.55. The summed E-state index contributed by atoms with van der Waals surface area (Å²) in [6, 6.07) is 10.5. The summed E-state index contributed by atoms with van der Waals surface area (Å²) in [7, 11) is -3.55. The van der Waals surface area contributed by atoms with Gasteiger partial charge in [-0.1, -0.05) is 24.3 Å². The smallest absolute Gasteiger partial charge is 0.185 e. The van der Waals surface area contributed by atoms with Crippen LogP contribution in [-0.2, 0) is 16.3 Å². The molecule has 7 heteroatoms. The summed E-state index contributed by atoms with van der Waals surface area (Å²) in [6.07, 6.45) is 1.83. The fourth-order valence-electron chi connectivity index (χ4n) is 4.06. The molecule has 1 aromatic heterocycles. The van der Waals surface area contributed by atoms with Gasteiger partial charge in [0.15, 0.2) is 15.0 Å². The Bertz CT molecular complexity index is 1200. The van der Waals surface area contributed by atoms with E-state index in [0.29, 0.717) is 31.5 Å². The molecule has 0 unspecified atom stereocenters. The van der Waals surface area contributed by atoms with E-state index < -0.39 is 20.9 Å². The predicted octanol–water partition coefficient (Wildman–Crippen LogP) is 5.24. The fourth-order valence-corrected chi connectivity index (χ4v) is 6.93. The fraction of sp³-hybridized carbons (Fsp3) is 0.375. The third kappa shape index (κ3) is 4.67. The van der Waals surface area contributed by atoms with Crippen LogP contribution in [0.4, 0.5) is 9.52 Å². The number of benzene rings is 2. The lowest BCUT2D eigenvalue weighted by Gasteiger charge is -2.31. The Morgan fingerprint density at radius 1 is 1.03 bits per heavy atom. The first-order valence-electron chi connectivity index (χ1n) is 10.5. The van der Waals surface area contributed by atoms with Crippen LogP contribution in [0, 0.1) is 26.6 Å². The summed E-state index contributed by atoms with van der Waals surface area (Å²) in [4.78, 5) is 7.08. The molecule has 0 bridgehead atoms. The van der Waals surface area contributed by atoms with Crippen molar-refractivity contribution in [1.29, 1.82) is 0 Å². The molecule has 164 valence electrons. The predicted molar refractivity (Wildman–Crippen MR) is 124 cm³/mol. The number of rotatable bonds is 5. The molecule has 2 heterocycles. The average molecular weight is 459 g/mol. The first kappa shape index (κ1) is 22.0. The van der Waals surface area contributed by atoms with Gasteiger partial charge in [0, 0.05) is 24.9 Å². The minimum absolute atomic E-state index is 0.121. The molecule has 0 aliphatic carbocycles. The quantitative estimate of drug-likeness (QED) is 0.525. The van der Waals surface area contributed by atoms with Crippen molar-refractivity contribution in [2.24, 2.45) is 0 Å². The number of nitrogens with zero attached hydrogens (tertiary/aromatic N) is 2. The Morgan fingerprint density at radius 2 is 1.74 bits per heavy atom. The Hall–Kier alpha value is -2.25. The molecule has 1 fully saturated rings. The van der Waals surface area contributed by atoms with Crippen LogP contribution >= 0.6 is 11.3 Å². The van der Waals surface area contributed by atoms with Crippen molar-refractivity contribution in [3.05, 3.63) is 75.5 Å². The van der Waals surface area contributed by atoms with Crippen LogP contribution < -0.4 is 4.90 Å². The van der Waals surface area contributed by atoms with E-state index in [1.165, 1.54) is 28.8 Å². The van der Waals surface area contributed by atoms with Gasteiger partial charge in [-0.2, -0.15) is 0 Å². The van der Waals surface area contributed by atoms with Crippen molar-refractivity contribution in [3.8, 4) is 0 Å². The van der Waals surface area contributed by atoms with Crippen LogP contribution in [0.1, 0.15) is 40.8 Å². The molecule has 3 aromatic rings. The van der Waals surface area contributed by atoms with Gasteiger partial charge in [0.1, 0.15) is 5.82 Å². The highest BCUT2D eigenvalue weighted by Crippen LogP contribution is 2.31. The van der Waals surface area contributed by atoms with Crippen molar-refractivity contribution in [2.45, 2.75) is 50.2 Å². The van der Waals surface area contributed by atoms with Crippen LogP contribution in [-0.4, -0.2) is 31.7 Å². The van der Waals surface area contributed by atoms with Gasteiger partial charge in [0.25, 0.3) is 0 Å². The van der Waals surface area contributed by atoms with E-state index in [1.807, 2.05) is 0 Å². The molecule has 0 saturated carbocycles. The maximum atomic E-state index is 13.6.